The van der Waals surface area contributed by atoms with Gasteiger partial charge in [-0.2, -0.15) is 5.10 Å². The Kier molecular flexibility index (Phi) is 3.15. The SMILES string of the molecule is OCCC(O)C(O)c1ncn[nH]1. The molecule has 0 aromatic carbocycles. The minimum Gasteiger partial charge on any atom is -0.396 e. The zero-order valence-corrected chi connectivity index (χ0v) is 6.38. The van der Waals surface area contributed by atoms with Crippen LogP contribution in [0.3, 0.4) is 0 Å². The summed E-state index contributed by atoms with van der Waals surface area (Å²) in [5.41, 5.74) is 0. The molecule has 0 radical (unpaired) electrons. The summed E-state index contributed by atoms with van der Waals surface area (Å²) in [7, 11) is 0. The van der Waals surface area contributed by atoms with Crippen LogP contribution in [0.25, 0.3) is 0 Å². The van der Waals surface area contributed by atoms with Crippen molar-refractivity contribution in [3.8, 4) is 0 Å². The predicted molar refractivity (Wildman–Crippen MR) is 39.1 cm³/mol. The fraction of sp³-hybridized carbons (Fsp3) is 0.667. The fourth-order valence-corrected chi connectivity index (χ4v) is 0.830. The summed E-state index contributed by atoms with van der Waals surface area (Å²) in [5.74, 6) is 0.205. The van der Waals surface area contributed by atoms with Crippen LogP contribution in [0, 0.1) is 0 Å². The molecule has 0 amide bonds. The molecule has 68 valence electrons. The Labute approximate surface area is 68.9 Å². The first kappa shape index (κ1) is 9.11. The van der Waals surface area contributed by atoms with Crippen LogP contribution in [0.4, 0.5) is 0 Å². The van der Waals surface area contributed by atoms with Crippen LogP contribution in [0.15, 0.2) is 6.33 Å². The van der Waals surface area contributed by atoms with Gasteiger partial charge in [0, 0.05) is 6.61 Å². The molecule has 0 bridgehead atoms. The molecule has 1 aromatic heterocycles. The van der Waals surface area contributed by atoms with Crippen LogP contribution >= 0.6 is 0 Å². The highest BCUT2D eigenvalue weighted by Crippen LogP contribution is 2.13. The van der Waals surface area contributed by atoms with Crippen molar-refractivity contribution in [3.63, 3.8) is 0 Å². The second kappa shape index (κ2) is 4.15. The summed E-state index contributed by atoms with van der Waals surface area (Å²) in [6, 6.07) is 0. The minimum atomic E-state index is -1.11. The molecule has 0 aliphatic heterocycles. The number of aliphatic hydroxyl groups is 3. The van der Waals surface area contributed by atoms with Gasteiger partial charge in [-0.25, -0.2) is 4.98 Å². The average Bonchev–Trinajstić information content (AvgIpc) is 2.55. The Bertz CT molecular complexity index is 214. The molecule has 6 heteroatoms. The molecule has 0 saturated carbocycles. The van der Waals surface area contributed by atoms with Gasteiger partial charge in [0.2, 0.25) is 0 Å². The third kappa shape index (κ3) is 2.00. The topological polar surface area (TPSA) is 102 Å². The van der Waals surface area contributed by atoms with E-state index in [1.807, 2.05) is 0 Å². The van der Waals surface area contributed by atoms with Crippen LogP contribution in [0.5, 0.6) is 0 Å². The van der Waals surface area contributed by atoms with E-state index in [1.165, 1.54) is 6.33 Å². The van der Waals surface area contributed by atoms with Crippen LogP contribution in [0.1, 0.15) is 18.3 Å². The van der Waals surface area contributed by atoms with Crippen molar-refractivity contribution in [3.05, 3.63) is 12.2 Å². The highest BCUT2D eigenvalue weighted by atomic mass is 16.3. The number of aliphatic hydroxyl groups excluding tert-OH is 3. The number of nitrogens with zero attached hydrogens (tertiary/aromatic N) is 2. The Morgan fingerprint density at radius 1 is 1.50 bits per heavy atom. The normalized spacial score (nSPS) is 15.9. The number of aromatic amines is 1. The summed E-state index contributed by atoms with van der Waals surface area (Å²) in [6.07, 6.45) is -0.769. The molecule has 0 aliphatic carbocycles. The molecule has 1 heterocycles. The number of H-pyrrole nitrogens is 1. The summed E-state index contributed by atoms with van der Waals surface area (Å²) in [5, 5.41) is 32.9. The number of aromatic nitrogens is 3. The van der Waals surface area contributed by atoms with Gasteiger partial charge in [0.15, 0.2) is 5.82 Å². The first-order chi connectivity index (χ1) is 5.75. The van der Waals surface area contributed by atoms with Crippen molar-refractivity contribution in [2.24, 2.45) is 0 Å². The van der Waals surface area contributed by atoms with E-state index in [-0.39, 0.29) is 18.9 Å². The van der Waals surface area contributed by atoms with Crippen molar-refractivity contribution in [1.29, 1.82) is 0 Å². The molecular weight excluding hydrogens is 162 g/mol. The molecule has 0 aliphatic rings. The van der Waals surface area contributed by atoms with Crippen LogP contribution in [0.2, 0.25) is 0 Å². The van der Waals surface area contributed by atoms with Gasteiger partial charge in [0.05, 0.1) is 6.10 Å². The van der Waals surface area contributed by atoms with Gasteiger partial charge in [0.1, 0.15) is 12.4 Å². The molecule has 4 N–H and O–H groups in total. The summed E-state index contributed by atoms with van der Waals surface area (Å²) >= 11 is 0. The lowest BCUT2D eigenvalue weighted by atomic mass is 10.1. The quantitative estimate of drug-likeness (QED) is 0.447. The van der Waals surface area contributed by atoms with Gasteiger partial charge >= 0.3 is 0 Å². The average molecular weight is 173 g/mol. The van der Waals surface area contributed by atoms with Crippen LogP contribution < -0.4 is 0 Å². The molecule has 0 saturated heterocycles. The lowest BCUT2D eigenvalue weighted by Crippen LogP contribution is -2.20. The predicted octanol–water partition coefficient (Wildman–Crippen LogP) is -1.42. The van der Waals surface area contributed by atoms with Gasteiger partial charge in [-0.15, -0.1) is 0 Å². The Morgan fingerprint density at radius 3 is 2.75 bits per heavy atom. The molecule has 0 fully saturated rings. The molecule has 12 heavy (non-hydrogen) atoms. The molecule has 2 atom stereocenters. The summed E-state index contributed by atoms with van der Waals surface area (Å²) in [6.45, 7) is -0.174. The fourth-order valence-electron chi connectivity index (χ4n) is 0.830. The first-order valence-corrected chi connectivity index (χ1v) is 3.58. The van der Waals surface area contributed by atoms with E-state index in [2.05, 4.69) is 15.2 Å². The van der Waals surface area contributed by atoms with Crippen molar-refractivity contribution >= 4 is 0 Å². The zero-order valence-electron chi connectivity index (χ0n) is 6.38. The standard InChI is InChI=1S/C6H11N3O3/c10-2-1-4(11)5(12)6-7-3-8-9-6/h3-5,10-12H,1-2H2,(H,7,8,9). The largest absolute Gasteiger partial charge is 0.396 e. The molecule has 1 rings (SSSR count). The van der Waals surface area contributed by atoms with Crippen molar-refractivity contribution in [1.82, 2.24) is 15.2 Å². The van der Waals surface area contributed by atoms with Crippen molar-refractivity contribution < 1.29 is 15.3 Å². The molecule has 6 nitrogen and oxygen atoms in total. The smallest absolute Gasteiger partial charge is 0.155 e. The Balaban J connectivity index is 2.53. The Hall–Kier alpha value is -0.980. The Morgan fingerprint density at radius 2 is 2.25 bits per heavy atom. The van der Waals surface area contributed by atoms with E-state index in [0.717, 1.165) is 0 Å². The van der Waals surface area contributed by atoms with E-state index in [0.29, 0.717) is 0 Å². The van der Waals surface area contributed by atoms with E-state index in [4.69, 9.17) is 5.11 Å². The third-order valence-electron chi connectivity index (χ3n) is 1.50. The number of hydrogen-bond acceptors (Lipinski definition) is 5. The maximum absolute atomic E-state index is 9.31. The highest BCUT2D eigenvalue weighted by Gasteiger charge is 2.19. The van der Waals surface area contributed by atoms with E-state index in [9.17, 15) is 10.2 Å². The van der Waals surface area contributed by atoms with E-state index < -0.39 is 12.2 Å². The van der Waals surface area contributed by atoms with Crippen molar-refractivity contribution in [2.45, 2.75) is 18.6 Å². The van der Waals surface area contributed by atoms with Gasteiger partial charge < -0.3 is 15.3 Å². The van der Waals surface area contributed by atoms with Gasteiger partial charge in [0.25, 0.3) is 0 Å². The molecule has 2 unspecified atom stereocenters. The zero-order chi connectivity index (χ0) is 8.97. The van der Waals surface area contributed by atoms with Crippen LogP contribution in [-0.2, 0) is 0 Å². The number of nitrogens with one attached hydrogen (secondary N) is 1. The molecule has 1 aromatic rings. The molecule has 0 spiro atoms. The third-order valence-corrected chi connectivity index (χ3v) is 1.50. The molecular formula is C6H11N3O3. The van der Waals surface area contributed by atoms with Crippen LogP contribution in [-0.4, -0.2) is 43.2 Å². The van der Waals surface area contributed by atoms with E-state index in [1.54, 1.807) is 0 Å². The monoisotopic (exact) mass is 173 g/mol. The van der Waals surface area contributed by atoms with Crippen molar-refractivity contribution in [2.75, 3.05) is 6.61 Å². The maximum Gasteiger partial charge on any atom is 0.155 e. The minimum absolute atomic E-state index is 0.113. The van der Waals surface area contributed by atoms with Gasteiger partial charge in [-0.05, 0) is 6.42 Å². The lowest BCUT2D eigenvalue weighted by molar-refractivity contribution is -0.000396. The number of hydrogen-bond donors (Lipinski definition) is 4. The number of rotatable bonds is 4. The maximum atomic E-state index is 9.31. The second-order valence-electron chi connectivity index (χ2n) is 2.40. The second-order valence-corrected chi connectivity index (χ2v) is 2.40. The summed E-state index contributed by atoms with van der Waals surface area (Å²) in [4.78, 5) is 3.66. The van der Waals surface area contributed by atoms with E-state index >= 15 is 0 Å². The van der Waals surface area contributed by atoms with Gasteiger partial charge in [-0.1, -0.05) is 0 Å². The van der Waals surface area contributed by atoms with Gasteiger partial charge in [-0.3, -0.25) is 5.10 Å². The first-order valence-electron chi connectivity index (χ1n) is 3.58. The lowest BCUT2D eigenvalue weighted by Gasteiger charge is -2.13. The summed E-state index contributed by atoms with van der Waals surface area (Å²) < 4.78 is 0. The highest BCUT2D eigenvalue weighted by molar-refractivity contribution is 4.89.